The van der Waals surface area contributed by atoms with E-state index in [1.165, 1.54) is 0 Å². The summed E-state index contributed by atoms with van der Waals surface area (Å²) in [6.07, 6.45) is 4.51. The number of carbonyl (C=O) groups is 1. The molecule has 2 N–H and O–H groups in total. The summed E-state index contributed by atoms with van der Waals surface area (Å²) < 4.78 is 0. The molecule has 4 heteroatoms. The highest BCUT2D eigenvalue weighted by Gasteiger charge is 2.08. The van der Waals surface area contributed by atoms with Gasteiger partial charge in [0.05, 0.1) is 5.69 Å². The van der Waals surface area contributed by atoms with Crippen molar-refractivity contribution in [3.8, 4) is 5.75 Å². The lowest BCUT2D eigenvalue weighted by Crippen LogP contribution is -2.27. The van der Waals surface area contributed by atoms with Gasteiger partial charge in [-0.3, -0.25) is 4.79 Å². The largest absolute Gasteiger partial charge is 0.506 e. The summed E-state index contributed by atoms with van der Waals surface area (Å²) in [6, 6.07) is 5.54. The van der Waals surface area contributed by atoms with Gasteiger partial charge in [0.2, 0.25) is 5.91 Å². The molecule has 0 aliphatic rings. The summed E-state index contributed by atoms with van der Waals surface area (Å²) >= 11 is 0. The third kappa shape index (κ3) is 6.48. The van der Waals surface area contributed by atoms with Crippen molar-refractivity contribution in [2.24, 2.45) is 0 Å². The van der Waals surface area contributed by atoms with Crippen molar-refractivity contribution < 1.29 is 9.90 Å². The lowest BCUT2D eigenvalue weighted by molar-refractivity contribution is -0.116. The maximum atomic E-state index is 11.6. The molecule has 1 amide bonds. The molecule has 4 nitrogen and oxygen atoms in total. The Morgan fingerprint density at radius 2 is 1.77 bits per heavy atom. The van der Waals surface area contributed by atoms with E-state index < -0.39 is 0 Å². The van der Waals surface area contributed by atoms with E-state index in [-0.39, 0.29) is 11.7 Å². The predicted molar refractivity (Wildman–Crippen MR) is 92.4 cm³/mol. The molecule has 0 spiro atoms. The van der Waals surface area contributed by atoms with Gasteiger partial charge in [0.15, 0.2) is 0 Å². The van der Waals surface area contributed by atoms with E-state index >= 15 is 0 Å². The van der Waals surface area contributed by atoms with Crippen LogP contribution < -0.4 is 5.32 Å². The highest BCUT2D eigenvalue weighted by atomic mass is 16.3. The zero-order chi connectivity index (χ0) is 16.4. The number of hydrogen-bond donors (Lipinski definition) is 2. The van der Waals surface area contributed by atoms with E-state index in [0.717, 1.165) is 50.9 Å². The summed E-state index contributed by atoms with van der Waals surface area (Å²) in [6.45, 7) is 9.59. The lowest BCUT2D eigenvalue weighted by Gasteiger charge is -2.21. The van der Waals surface area contributed by atoms with Crippen molar-refractivity contribution in [1.82, 2.24) is 4.90 Å². The van der Waals surface area contributed by atoms with Gasteiger partial charge >= 0.3 is 0 Å². The molecule has 0 aliphatic heterocycles. The molecule has 0 unspecified atom stereocenters. The smallest absolute Gasteiger partial charge is 0.224 e. The van der Waals surface area contributed by atoms with Crippen LogP contribution in [0.3, 0.4) is 0 Å². The summed E-state index contributed by atoms with van der Waals surface area (Å²) in [7, 11) is 0. The SMILES string of the molecule is CCCC(=O)Nc1ccc(CCN(CCC)CCC)cc1O. The third-order valence-corrected chi connectivity index (χ3v) is 3.61. The molecule has 0 heterocycles. The molecule has 0 saturated carbocycles. The normalized spacial score (nSPS) is 10.9. The number of hydrogen-bond acceptors (Lipinski definition) is 3. The topological polar surface area (TPSA) is 52.6 Å². The average Bonchev–Trinajstić information content (AvgIpc) is 2.48. The van der Waals surface area contributed by atoms with E-state index in [0.29, 0.717) is 12.1 Å². The molecule has 0 fully saturated rings. The first-order valence-electron chi connectivity index (χ1n) is 8.44. The van der Waals surface area contributed by atoms with Gasteiger partial charge in [-0.25, -0.2) is 0 Å². The monoisotopic (exact) mass is 306 g/mol. The van der Waals surface area contributed by atoms with Crippen molar-refractivity contribution in [3.63, 3.8) is 0 Å². The van der Waals surface area contributed by atoms with Crippen molar-refractivity contribution in [1.29, 1.82) is 0 Å². The molecule has 0 saturated heterocycles. The van der Waals surface area contributed by atoms with E-state index in [1.54, 1.807) is 12.1 Å². The minimum absolute atomic E-state index is 0.0531. The molecule has 0 bridgehead atoms. The molecule has 1 aromatic rings. The van der Waals surface area contributed by atoms with Crippen LogP contribution in [0.4, 0.5) is 5.69 Å². The molecule has 124 valence electrons. The molecular formula is C18H30N2O2. The highest BCUT2D eigenvalue weighted by Crippen LogP contribution is 2.24. The summed E-state index contributed by atoms with van der Waals surface area (Å²) in [5.41, 5.74) is 1.60. The van der Waals surface area contributed by atoms with Gasteiger partial charge in [0.25, 0.3) is 0 Å². The van der Waals surface area contributed by atoms with Crippen LogP contribution in [0.1, 0.15) is 52.0 Å². The second-order valence-electron chi connectivity index (χ2n) is 5.74. The van der Waals surface area contributed by atoms with Crippen LogP contribution >= 0.6 is 0 Å². The predicted octanol–water partition coefficient (Wildman–Crippen LogP) is 3.80. The second kappa shape index (κ2) is 10.2. The molecule has 0 aromatic heterocycles. The number of nitrogens with zero attached hydrogens (tertiary/aromatic N) is 1. The third-order valence-electron chi connectivity index (χ3n) is 3.61. The standard InChI is InChI=1S/C18H30N2O2/c1-4-7-18(22)19-16-9-8-15(14-17(16)21)10-13-20(11-5-2)12-6-3/h8-9,14,21H,4-7,10-13H2,1-3H3,(H,19,22). The summed E-state index contributed by atoms with van der Waals surface area (Å²) in [5, 5.41) is 12.8. The van der Waals surface area contributed by atoms with Crippen LogP contribution in [0.2, 0.25) is 0 Å². The quantitative estimate of drug-likeness (QED) is 0.647. The number of rotatable bonds is 10. The Hall–Kier alpha value is -1.55. The van der Waals surface area contributed by atoms with Crippen LogP contribution in [0.25, 0.3) is 0 Å². The molecular weight excluding hydrogens is 276 g/mol. The van der Waals surface area contributed by atoms with Gasteiger partial charge in [-0.1, -0.05) is 26.8 Å². The van der Waals surface area contributed by atoms with E-state index in [9.17, 15) is 9.90 Å². The van der Waals surface area contributed by atoms with Crippen LogP contribution in [-0.2, 0) is 11.2 Å². The Labute approximate surface area is 134 Å². The lowest BCUT2D eigenvalue weighted by atomic mass is 10.1. The van der Waals surface area contributed by atoms with Gasteiger partial charge in [-0.15, -0.1) is 0 Å². The van der Waals surface area contributed by atoms with E-state index in [2.05, 4.69) is 24.1 Å². The Kier molecular flexibility index (Phi) is 8.60. The van der Waals surface area contributed by atoms with Gasteiger partial charge in [0, 0.05) is 13.0 Å². The molecule has 0 radical (unpaired) electrons. The van der Waals surface area contributed by atoms with E-state index in [4.69, 9.17) is 0 Å². The van der Waals surface area contributed by atoms with Crippen molar-refractivity contribution in [2.45, 2.75) is 52.9 Å². The number of phenolic OH excluding ortho intramolecular Hbond substituents is 1. The van der Waals surface area contributed by atoms with Crippen LogP contribution in [0.15, 0.2) is 18.2 Å². The maximum Gasteiger partial charge on any atom is 0.224 e. The number of anilines is 1. The average molecular weight is 306 g/mol. The number of nitrogens with one attached hydrogen (secondary N) is 1. The Morgan fingerprint density at radius 1 is 1.09 bits per heavy atom. The van der Waals surface area contributed by atoms with Crippen molar-refractivity contribution in [2.75, 3.05) is 25.0 Å². The first kappa shape index (κ1) is 18.5. The number of carbonyl (C=O) groups excluding carboxylic acids is 1. The minimum atomic E-state index is -0.0531. The summed E-state index contributed by atoms with van der Waals surface area (Å²) in [4.78, 5) is 14.0. The van der Waals surface area contributed by atoms with Crippen molar-refractivity contribution >= 4 is 11.6 Å². The van der Waals surface area contributed by atoms with Crippen LogP contribution in [0, 0.1) is 0 Å². The van der Waals surface area contributed by atoms with Gasteiger partial charge in [-0.05, 0) is 56.5 Å². The number of phenols is 1. The second-order valence-corrected chi connectivity index (χ2v) is 5.74. The van der Waals surface area contributed by atoms with Gasteiger partial charge in [0.1, 0.15) is 5.75 Å². The Bertz CT molecular complexity index is 454. The first-order valence-corrected chi connectivity index (χ1v) is 8.44. The van der Waals surface area contributed by atoms with Crippen LogP contribution in [-0.4, -0.2) is 35.5 Å². The first-order chi connectivity index (χ1) is 10.6. The Morgan fingerprint density at radius 3 is 2.32 bits per heavy atom. The fraction of sp³-hybridized carbons (Fsp3) is 0.611. The summed E-state index contributed by atoms with van der Waals surface area (Å²) in [5.74, 6) is 0.0992. The molecule has 0 aliphatic carbocycles. The van der Waals surface area contributed by atoms with Crippen LogP contribution in [0.5, 0.6) is 5.75 Å². The zero-order valence-electron chi connectivity index (χ0n) is 14.2. The van der Waals surface area contributed by atoms with Gasteiger partial charge in [-0.2, -0.15) is 0 Å². The fourth-order valence-corrected chi connectivity index (χ4v) is 2.53. The Balaban J connectivity index is 2.59. The number of aromatic hydroxyl groups is 1. The zero-order valence-corrected chi connectivity index (χ0v) is 14.2. The fourth-order valence-electron chi connectivity index (χ4n) is 2.53. The molecule has 1 rings (SSSR count). The van der Waals surface area contributed by atoms with E-state index in [1.807, 2.05) is 13.0 Å². The minimum Gasteiger partial charge on any atom is -0.506 e. The number of benzene rings is 1. The van der Waals surface area contributed by atoms with Gasteiger partial charge < -0.3 is 15.3 Å². The maximum absolute atomic E-state index is 11.6. The molecule has 22 heavy (non-hydrogen) atoms. The van der Waals surface area contributed by atoms with Crippen molar-refractivity contribution in [3.05, 3.63) is 23.8 Å². The highest BCUT2D eigenvalue weighted by molar-refractivity contribution is 5.92. The molecule has 0 atom stereocenters. The molecule has 1 aromatic carbocycles. The number of amides is 1.